The number of nitrogens with one attached hydrogen (secondary N) is 1. The maximum Gasteiger partial charge on any atom is 0.138 e. The first-order valence-corrected chi connectivity index (χ1v) is 6.71. The number of rotatable bonds is 3. The van der Waals surface area contributed by atoms with E-state index in [2.05, 4.69) is 34.6 Å². The maximum atomic E-state index is 5.69. The minimum Gasteiger partial charge on any atom is -0.489 e. The van der Waals surface area contributed by atoms with Gasteiger partial charge in [-0.25, -0.2) is 0 Å². The third-order valence-electron chi connectivity index (χ3n) is 3.23. The average Bonchev–Trinajstić information content (AvgIpc) is 2.85. The number of ether oxygens (including phenoxy) is 1. The summed E-state index contributed by atoms with van der Waals surface area (Å²) in [4.78, 5) is 4.27. The highest BCUT2D eigenvalue weighted by molar-refractivity contribution is 5.70. The van der Waals surface area contributed by atoms with Gasteiger partial charge in [0.15, 0.2) is 0 Å². The highest BCUT2D eigenvalue weighted by atomic mass is 16.5. The van der Waals surface area contributed by atoms with Crippen LogP contribution in [0.2, 0.25) is 0 Å². The molecule has 0 amide bonds. The van der Waals surface area contributed by atoms with Gasteiger partial charge in [0.2, 0.25) is 0 Å². The van der Waals surface area contributed by atoms with Crippen molar-refractivity contribution in [3.05, 3.63) is 42.2 Å². The van der Waals surface area contributed by atoms with Gasteiger partial charge >= 0.3 is 0 Å². The Morgan fingerprint density at radius 2 is 2.05 bits per heavy atom. The van der Waals surface area contributed by atoms with E-state index in [1.807, 2.05) is 20.0 Å². The third-order valence-corrected chi connectivity index (χ3v) is 3.23. The number of pyridine rings is 1. The zero-order chi connectivity index (χ0) is 13.2. The molecule has 0 radical (unpaired) electrons. The van der Waals surface area contributed by atoms with Crippen LogP contribution in [0.25, 0.3) is 11.1 Å². The molecular weight excluding hydrogens is 236 g/mol. The van der Waals surface area contributed by atoms with Crippen molar-refractivity contribution in [2.45, 2.75) is 26.4 Å². The predicted octanol–water partition coefficient (Wildman–Crippen LogP) is 3.50. The minimum absolute atomic E-state index is 0.168. The summed E-state index contributed by atoms with van der Waals surface area (Å²) in [6.07, 6.45) is 4.91. The lowest BCUT2D eigenvalue weighted by atomic mass is 10.0. The molecule has 0 spiro atoms. The molecule has 19 heavy (non-hydrogen) atoms. The second-order valence-corrected chi connectivity index (χ2v) is 5.12. The summed E-state index contributed by atoms with van der Waals surface area (Å²) in [6, 6.07) is 8.57. The van der Waals surface area contributed by atoms with Crippen molar-refractivity contribution in [2.75, 3.05) is 11.9 Å². The molecule has 2 aromatic rings. The first-order chi connectivity index (χ1) is 9.22. The number of aromatic nitrogens is 1. The van der Waals surface area contributed by atoms with E-state index in [1.54, 1.807) is 6.20 Å². The van der Waals surface area contributed by atoms with E-state index >= 15 is 0 Å². The molecule has 0 unspecified atom stereocenters. The van der Waals surface area contributed by atoms with E-state index in [0.717, 1.165) is 24.3 Å². The molecular formula is C16H18N2O. The Morgan fingerprint density at radius 1 is 1.16 bits per heavy atom. The lowest BCUT2D eigenvalue weighted by Gasteiger charge is -2.11. The number of anilines is 1. The van der Waals surface area contributed by atoms with Crippen LogP contribution in [0, 0.1) is 0 Å². The number of nitrogens with zero attached hydrogens (tertiary/aromatic N) is 1. The van der Waals surface area contributed by atoms with Gasteiger partial charge in [-0.05, 0) is 49.6 Å². The summed E-state index contributed by atoms with van der Waals surface area (Å²) in [5.74, 6) is 0.825. The molecule has 0 atom stereocenters. The van der Waals surface area contributed by atoms with Crippen molar-refractivity contribution >= 4 is 5.69 Å². The Morgan fingerprint density at radius 3 is 2.89 bits per heavy atom. The van der Waals surface area contributed by atoms with Crippen LogP contribution < -0.4 is 10.1 Å². The molecule has 0 saturated carbocycles. The van der Waals surface area contributed by atoms with Gasteiger partial charge in [-0.3, -0.25) is 4.98 Å². The van der Waals surface area contributed by atoms with Gasteiger partial charge in [0.1, 0.15) is 5.75 Å². The highest BCUT2D eigenvalue weighted by Crippen LogP contribution is 2.29. The van der Waals surface area contributed by atoms with Gasteiger partial charge in [-0.1, -0.05) is 6.07 Å². The molecule has 0 aliphatic carbocycles. The normalized spacial score (nSPS) is 13.2. The summed E-state index contributed by atoms with van der Waals surface area (Å²) in [5, 5.41) is 3.38. The Labute approximate surface area is 113 Å². The van der Waals surface area contributed by atoms with E-state index in [0.29, 0.717) is 0 Å². The number of hydrogen-bond acceptors (Lipinski definition) is 3. The standard InChI is InChI=1S/C16H18N2O/c1-11(2)19-15-8-14(9-17-10-15)12-3-4-16-13(7-12)5-6-18-16/h3-4,7-11,18H,5-6H2,1-2H3. The lowest BCUT2D eigenvalue weighted by molar-refractivity contribution is 0.241. The zero-order valence-corrected chi connectivity index (χ0v) is 11.3. The highest BCUT2D eigenvalue weighted by Gasteiger charge is 2.11. The quantitative estimate of drug-likeness (QED) is 0.910. The Balaban J connectivity index is 1.93. The van der Waals surface area contributed by atoms with Crippen LogP contribution in [0.5, 0.6) is 5.75 Å². The van der Waals surface area contributed by atoms with Crippen molar-refractivity contribution < 1.29 is 4.74 Å². The monoisotopic (exact) mass is 254 g/mol. The smallest absolute Gasteiger partial charge is 0.138 e. The second kappa shape index (κ2) is 4.92. The second-order valence-electron chi connectivity index (χ2n) is 5.12. The van der Waals surface area contributed by atoms with E-state index in [-0.39, 0.29) is 6.10 Å². The van der Waals surface area contributed by atoms with Crippen LogP contribution in [0.4, 0.5) is 5.69 Å². The fourth-order valence-electron chi connectivity index (χ4n) is 2.40. The van der Waals surface area contributed by atoms with E-state index in [4.69, 9.17) is 4.74 Å². The summed E-state index contributed by atoms with van der Waals surface area (Å²) >= 11 is 0. The molecule has 0 fully saturated rings. The van der Waals surface area contributed by atoms with Crippen LogP contribution in [0.1, 0.15) is 19.4 Å². The third kappa shape index (κ3) is 2.55. The largest absolute Gasteiger partial charge is 0.489 e. The summed E-state index contributed by atoms with van der Waals surface area (Å²) in [6.45, 7) is 5.08. The predicted molar refractivity (Wildman–Crippen MR) is 77.6 cm³/mol. The number of hydrogen-bond donors (Lipinski definition) is 1. The van der Waals surface area contributed by atoms with Crippen molar-refractivity contribution in [3.8, 4) is 16.9 Å². The molecule has 1 aromatic carbocycles. The molecule has 0 saturated heterocycles. The Kier molecular flexibility index (Phi) is 3.11. The Bertz CT molecular complexity index is 593. The maximum absolute atomic E-state index is 5.69. The van der Waals surface area contributed by atoms with Crippen LogP contribution in [0.15, 0.2) is 36.7 Å². The van der Waals surface area contributed by atoms with Crippen LogP contribution in [-0.4, -0.2) is 17.6 Å². The van der Waals surface area contributed by atoms with Gasteiger partial charge < -0.3 is 10.1 Å². The van der Waals surface area contributed by atoms with E-state index < -0.39 is 0 Å². The lowest BCUT2D eigenvalue weighted by Crippen LogP contribution is -2.05. The topological polar surface area (TPSA) is 34.1 Å². The van der Waals surface area contributed by atoms with Crippen molar-refractivity contribution in [1.29, 1.82) is 0 Å². The molecule has 3 heteroatoms. The summed E-state index contributed by atoms with van der Waals surface area (Å²) in [5.41, 5.74) is 4.94. The Hall–Kier alpha value is -2.03. The van der Waals surface area contributed by atoms with Gasteiger partial charge in [0, 0.05) is 24.0 Å². The molecule has 98 valence electrons. The van der Waals surface area contributed by atoms with Crippen LogP contribution in [-0.2, 0) is 6.42 Å². The average molecular weight is 254 g/mol. The zero-order valence-electron chi connectivity index (χ0n) is 11.3. The van der Waals surface area contributed by atoms with Crippen LogP contribution >= 0.6 is 0 Å². The van der Waals surface area contributed by atoms with Gasteiger partial charge in [-0.15, -0.1) is 0 Å². The van der Waals surface area contributed by atoms with Crippen LogP contribution in [0.3, 0.4) is 0 Å². The molecule has 0 bridgehead atoms. The summed E-state index contributed by atoms with van der Waals surface area (Å²) in [7, 11) is 0. The molecule has 3 nitrogen and oxygen atoms in total. The molecule has 1 aliphatic rings. The van der Waals surface area contributed by atoms with E-state index in [1.165, 1.54) is 16.8 Å². The molecule has 1 aromatic heterocycles. The van der Waals surface area contributed by atoms with Gasteiger partial charge in [0.25, 0.3) is 0 Å². The van der Waals surface area contributed by atoms with Gasteiger partial charge in [-0.2, -0.15) is 0 Å². The molecule has 1 aliphatic heterocycles. The van der Waals surface area contributed by atoms with Crippen molar-refractivity contribution in [3.63, 3.8) is 0 Å². The fraction of sp³-hybridized carbons (Fsp3) is 0.312. The molecule has 3 rings (SSSR count). The SMILES string of the molecule is CC(C)Oc1cncc(-c2ccc3c(c2)CCN3)c1. The van der Waals surface area contributed by atoms with Crippen molar-refractivity contribution in [2.24, 2.45) is 0 Å². The summed E-state index contributed by atoms with van der Waals surface area (Å²) < 4.78 is 5.69. The molecule has 1 N–H and O–H groups in total. The number of fused-ring (bicyclic) bond motifs is 1. The molecule has 2 heterocycles. The van der Waals surface area contributed by atoms with Crippen molar-refractivity contribution in [1.82, 2.24) is 4.98 Å². The number of benzene rings is 1. The first kappa shape index (κ1) is 12.0. The fourth-order valence-corrected chi connectivity index (χ4v) is 2.40. The first-order valence-electron chi connectivity index (χ1n) is 6.71. The minimum atomic E-state index is 0.168. The van der Waals surface area contributed by atoms with E-state index in [9.17, 15) is 0 Å². The van der Waals surface area contributed by atoms with Gasteiger partial charge in [0.05, 0.1) is 12.3 Å².